The number of carbonyl (C=O) groups excluding carboxylic acids is 2. The summed E-state index contributed by atoms with van der Waals surface area (Å²) in [4.78, 5) is 25.7. The lowest BCUT2D eigenvalue weighted by Gasteiger charge is -2.34. The highest BCUT2D eigenvalue weighted by Gasteiger charge is 2.29. The Bertz CT molecular complexity index is 305. The van der Waals surface area contributed by atoms with Gasteiger partial charge in [-0.3, -0.25) is 14.5 Å². The minimum Gasteiger partial charge on any atom is -0.358 e. The smallest absolute Gasteiger partial charge is 0.238 e. The summed E-state index contributed by atoms with van der Waals surface area (Å²) < 4.78 is 0. The summed E-state index contributed by atoms with van der Waals surface area (Å²) in [7, 11) is 1.62. The van der Waals surface area contributed by atoms with Crippen LogP contribution in [-0.2, 0) is 9.59 Å². The topological polar surface area (TPSA) is 73.5 Å². The van der Waals surface area contributed by atoms with E-state index in [0.29, 0.717) is 13.1 Å². The highest BCUT2D eigenvalue weighted by molar-refractivity contribution is 5.83. The SMILES string of the molecule is CCC(CC)NC(=O)CN1CCNCC1C(=O)NC. The van der Waals surface area contributed by atoms with Crippen LogP contribution in [0.2, 0.25) is 0 Å². The average Bonchev–Trinajstić information content (AvgIpc) is 2.44. The number of piperazine rings is 1. The van der Waals surface area contributed by atoms with Crippen molar-refractivity contribution in [2.24, 2.45) is 0 Å². The molecule has 110 valence electrons. The van der Waals surface area contributed by atoms with Crippen LogP contribution in [-0.4, -0.2) is 62.0 Å². The van der Waals surface area contributed by atoms with Gasteiger partial charge in [0, 0.05) is 32.7 Å². The molecule has 0 bridgehead atoms. The first kappa shape index (κ1) is 15.9. The first-order valence-electron chi connectivity index (χ1n) is 7.08. The van der Waals surface area contributed by atoms with Gasteiger partial charge in [0.05, 0.1) is 6.54 Å². The zero-order chi connectivity index (χ0) is 14.3. The molecule has 0 spiro atoms. The Kier molecular flexibility index (Phi) is 6.80. The number of amides is 2. The Morgan fingerprint density at radius 3 is 2.63 bits per heavy atom. The van der Waals surface area contributed by atoms with Crippen LogP contribution in [0.1, 0.15) is 26.7 Å². The normalized spacial score (nSPS) is 20.3. The van der Waals surface area contributed by atoms with Gasteiger partial charge in [0.1, 0.15) is 6.04 Å². The first-order valence-corrected chi connectivity index (χ1v) is 7.08. The summed E-state index contributed by atoms with van der Waals surface area (Å²) in [6.07, 6.45) is 1.87. The van der Waals surface area contributed by atoms with Gasteiger partial charge in [0.2, 0.25) is 11.8 Å². The Morgan fingerprint density at radius 1 is 1.37 bits per heavy atom. The standard InChI is InChI=1S/C13H26N4O2/c1-4-10(5-2)16-12(18)9-17-7-6-15-8-11(17)13(19)14-3/h10-11,15H,4-9H2,1-3H3,(H,14,19)(H,16,18). The molecule has 0 aromatic carbocycles. The van der Waals surface area contributed by atoms with E-state index in [4.69, 9.17) is 0 Å². The third-order valence-corrected chi connectivity index (χ3v) is 3.60. The molecule has 1 aliphatic heterocycles. The van der Waals surface area contributed by atoms with Gasteiger partial charge in [0.25, 0.3) is 0 Å². The van der Waals surface area contributed by atoms with Gasteiger partial charge in [-0.2, -0.15) is 0 Å². The van der Waals surface area contributed by atoms with Crippen molar-refractivity contribution < 1.29 is 9.59 Å². The van der Waals surface area contributed by atoms with Crippen LogP contribution < -0.4 is 16.0 Å². The van der Waals surface area contributed by atoms with Crippen LogP contribution in [0.4, 0.5) is 0 Å². The van der Waals surface area contributed by atoms with Crippen molar-refractivity contribution in [3.8, 4) is 0 Å². The maximum Gasteiger partial charge on any atom is 0.238 e. The molecule has 0 saturated carbocycles. The van der Waals surface area contributed by atoms with E-state index in [1.165, 1.54) is 0 Å². The minimum absolute atomic E-state index is 0.00417. The fourth-order valence-electron chi connectivity index (χ4n) is 2.31. The van der Waals surface area contributed by atoms with E-state index < -0.39 is 0 Å². The molecule has 0 aliphatic carbocycles. The summed E-state index contributed by atoms with van der Waals surface area (Å²) in [5, 5.41) is 8.84. The van der Waals surface area contributed by atoms with Gasteiger partial charge in [-0.15, -0.1) is 0 Å². The molecule has 1 heterocycles. The Balaban J connectivity index is 2.52. The van der Waals surface area contributed by atoms with Gasteiger partial charge in [-0.05, 0) is 12.8 Å². The number of hydrogen-bond acceptors (Lipinski definition) is 4. The molecule has 1 atom stereocenters. The number of carbonyl (C=O) groups is 2. The average molecular weight is 270 g/mol. The van der Waals surface area contributed by atoms with Crippen LogP contribution >= 0.6 is 0 Å². The molecular formula is C13H26N4O2. The molecule has 1 aliphatic rings. The van der Waals surface area contributed by atoms with Crippen LogP contribution in [0, 0.1) is 0 Å². The zero-order valence-electron chi connectivity index (χ0n) is 12.2. The van der Waals surface area contributed by atoms with E-state index in [0.717, 1.165) is 19.4 Å². The molecule has 1 rings (SSSR count). The second kappa shape index (κ2) is 8.12. The minimum atomic E-state index is -0.258. The fraction of sp³-hybridized carbons (Fsp3) is 0.846. The van der Waals surface area contributed by atoms with Crippen molar-refractivity contribution in [1.29, 1.82) is 0 Å². The van der Waals surface area contributed by atoms with E-state index in [-0.39, 0.29) is 30.4 Å². The summed E-state index contributed by atoms with van der Waals surface area (Å²) in [5.74, 6) is -0.0352. The highest BCUT2D eigenvalue weighted by Crippen LogP contribution is 2.04. The van der Waals surface area contributed by atoms with Crippen molar-refractivity contribution in [2.45, 2.75) is 38.8 Å². The quantitative estimate of drug-likeness (QED) is 0.597. The second-order valence-electron chi connectivity index (χ2n) is 4.89. The van der Waals surface area contributed by atoms with Crippen molar-refractivity contribution in [3.05, 3.63) is 0 Å². The van der Waals surface area contributed by atoms with Crippen molar-refractivity contribution in [3.63, 3.8) is 0 Å². The van der Waals surface area contributed by atoms with Crippen LogP contribution in [0.3, 0.4) is 0 Å². The molecule has 6 heteroatoms. The molecule has 1 saturated heterocycles. The van der Waals surface area contributed by atoms with E-state index >= 15 is 0 Å². The summed E-state index contributed by atoms with van der Waals surface area (Å²) >= 11 is 0. The number of hydrogen-bond donors (Lipinski definition) is 3. The van der Waals surface area contributed by atoms with E-state index in [1.807, 2.05) is 4.90 Å². The molecule has 0 aromatic heterocycles. The van der Waals surface area contributed by atoms with E-state index in [2.05, 4.69) is 29.8 Å². The molecular weight excluding hydrogens is 244 g/mol. The molecule has 0 radical (unpaired) electrons. The van der Waals surface area contributed by atoms with Gasteiger partial charge >= 0.3 is 0 Å². The number of nitrogens with zero attached hydrogens (tertiary/aromatic N) is 1. The molecule has 1 unspecified atom stereocenters. The zero-order valence-corrected chi connectivity index (χ0v) is 12.2. The number of nitrogens with one attached hydrogen (secondary N) is 3. The maximum atomic E-state index is 12.0. The molecule has 6 nitrogen and oxygen atoms in total. The van der Waals surface area contributed by atoms with Crippen LogP contribution in [0.15, 0.2) is 0 Å². The second-order valence-corrected chi connectivity index (χ2v) is 4.89. The summed E-state index contributed by atoms with van der Waals surface area (Å²) in [5.41, 5.74) is 0. The number of likely N-dealkylation sites (N-methyl/N-ethyl adjacent to an activating group) is 1. The lowest BCUT2D eigenvalue weighted by atomic mass is 10.1. The van der Waals surface area contributed by atoms with Crippen molar-refractivity contribution in [1.82, 2.24) is 20.9 Å². The van der Waals surface area contributed by atoms with Crippen LogP contribution in [0.5, 0.6) is 0 Å². The van der Waals surface area contributed by atoms with Crippen molar-refractivity contribution >= 4 is 11.8 Å². The maximum absolute atomic E-state index is 12.0. The molecule has 2 amide bonds. The van der Waals surface area contributed by atoms with E-state index in [9.17, 15) is 9.59 Å². The summed E-state index contributed by atoms with van der Waals surface area (Å²) in [6, 6.07) is -0.0277. The Labute approximate surface area is 115 Å². The molecule has 1 fully saturated rings. The van der Waals surface area contributed by atoms with Crippen LogP contribution in [0.25, 0.3) is 0 Å². The van der Waals surface area contributed by atoms with E-state index in [1.54, 1.807) is 7.05 Å². The predicted octanol–water partition coefficient (Wildman–Crippen LogP) is -0.689. The highest BCUT2D eigenvalue weighted by atomic mass is 16.2. The third kappa shape index (κ3) is 4.80. The van der Waals surface area contributed by atoms with Gasteiger partial charge < -0.3 is 16.0 Å². The van der Waals surface area contributed by atoms with Gasteiger partial charge in [0.15, 0.2) is 0 Å². The summed E-state index contributed by atoms with van der Waals surface area (Å²) in [6.45, 7) is 6.54. The predicted molar refractivity (Wildman–Crippen MR) is 74.8 cm³/mol. The fourth-order valence-corrected chi connectivity index (χ4v) is 2.31. The number of rotatable bonds is 6. The Hall–Kier alpha value is -1.14. The lowest BCUT2D eigenvalue weighted by molar-refractivity contribution is -0.129. The lowest BCUT2D eigenvalue weighted by Crippen LogP contribution is -2.59. The first-order chi connectivity index (χ1) is 9.12. The van der Waals surface area contributed by atoms with Gasteiger partial charge in [-0.1, -0.05) is 13.8 Å². The molecule has 19 heavy (non-hydrogen) atoms. The van der Waals surface area contributed by atoms with Crippen molar-refractivity contribution in [2.75, 3.05) is 33.2 Å². The molecule has 0 aromatic rings. The van der Waals surface area contributed by atoms with Gasteiger partial charge in [-0.25, -0.2) is 0 Å². The third-order valence-electron chi connectivity index (χ3n) is 3.60. The monoisotopic (exact) mass is 270 g/mol. The largest absolute Gasteiger partial charge is 0.358 e. The Morgan fingerprint density at radius 2 is 2.05 bits per heavy atom. The molecule has 3 N–H and O–H groups in total.